The van der Waals surface area contributed by atoms with Crippen LogP contribution in [-0.2, 0) is 13.1 Å². The molecule has 2 N–H and O–H groups in total. The second-order valence-corrected chi connectivity index (χ2v) is 3.83. The summed E-state index contributed by atoms with van der Waals surface area (Å²) in [6.07, 6.45) is 1.80. The van der Waals surface area contributed by atoms with E-state index in [0.717, 1.165) is 22.6 Å². The van der Waals surface area contributed by atoms with Crippen molar-refractivity contribution < 1.29 is 0 Å². The quantitative estimate of drug-likeness (QED) is 0.843. The highest BCUT2D eigenvalue weighted by molar-refractivity contribution is 5.24. The van der Waals surface area contributed by atoms with Gasteiger partial charge in [-0.05, 0) is 26.0 Å². The van der Waals surface area contributed by atoms with Gasteiger partial charge >= 0.3 is 0 Å². The van der Waals surface area contributed by atoms with Crippen LogP contribution >= 0.6 is 0 Å². The van der Waals surface area contributed by atoms with Crippen molar-refractivity contribution in [3.63, 3.8) is 0 Å². The molecule has 84 valence electrons. The van der Waals surface area contributed by atoms with Crippen molar-refractivity contribution in [1.82, 2.24) is 14.8 Å². The molecule has 0 aliphatic rings. The summed E-state index contributed by atoms with van der Waals surface area (Å²) < 4.78 is 1.96. The summed E-state index contributed by atoms with van der Waals surface area (Å²) in [5.41, 5.74) is 9.98. The lowest BCUT2D eigenvalue weighted by molar-refractivity contribution is 0.646. The zero-order chi connectivity index (χ0) is 11.5. The molecule has 0 fully saturated rings. The van der Waals surface area contributed by atoms with Gasteiger partial charge in [-0.25, -0.2) is 0 Å². The zero-order valence-corrected chi connectivity index (χ0v) is 9.64. The molecule has 2 aromatic rings. The van der Waals surface area contributed by atoms with Gasteiger partial charge < -0.3 is 5.73 Å². The van der Waals surface area contributed by atoms with E-state index < -0.39 is 0 Å². The molecule has 2 rings (SSSR count). The van der Waals surface area contributed by atoms with Crippen LogP contribution in [0.5, 0.6) is 0 Å². The fourth-order valence-electron chi connectivity index (χ4n) is 1.83. The molecular formula is C12H16N4. The van der Waals surface area contributed by atoms with Gasteiger partial charge in [0.2, 0.25) is 0 Å². The predicted molar refractivity (Wildman–Crippen MR) is 62.9 cm³/mol. The van der Waals surface area contributed by atoms with Gasteiger partial charge in [0.25, 0.3) is 0 Å². The Hall–Kier alpha value is -1.68. The minimum atomic E-state index is 0.542. The van der Waals surface area contributed by atoms with E-state index in [2.05, 4.69) is 10.1 Å². The Morgan fingerprint density at radius 3 is 2.69 bits per heavy atom. The molecule has 0 radical (unpaired) electrons. The number of hydrogen-bond acceptors (Lipinski definition) is 3. The van der Waals surface area contributed by atoms with Crippen LogP contribution in [0.1, 0.15) is 22.6 Å². The van der Waals surface area contributed by atoms with Crippen LogP contribution in [0.25, 0.3) is 0 Å². The largest absolute Gasteiger partial charge is 0.326 e. The first-order valence-electron chi connectivity index (χ1n) is 5.35. The molecule has 2 heterocycles. The predicted octanol–water partition coefficient (Wildman–Crippen LogP) is 1.40. The van der Waals surface area contributed by atoms with Crippen molar-refractivity contribution in [3.8, 4) is 0 Å². The average Bonchev–Trinajstić information content (AvgIpc) is 2.55. The first-order chi connectivity index (χ1) is 7.72. The highest BCUT2D eigenvalue weighted by Gasteiger charge is 2.09. The van der Waals surface area contributed by atoms with E-state index in [1.807, 2.05) is 36.7 Å². The molecule has 0 spiro atoms. The van der Waals surface area contributed by atoms with Crippen LogP contribution < -0.4 is 5.73 Å². The van der Waals surface area contributed by atoms with E-state index in [9.17, 15) is 0 Å². The Morgan fingerprint density at radius 2 is 2.12 bits per heavy atom. The molecule has 0 aromatic carbocycles. The number of pyridine rings is 1. The van der Waals surface area contributed by atoms with Crippen molar-refractivity contribution in [2.45, 2.75) is 26.9 Å². The maximum absolute atomic E-state index is 5.69. The molecule has 16 heavy (non-hydrogen) atoms. The number of aromatic nitrogens is 3. The van der Waals surface area contributed by atoms with Gasteiger partial charge in [-0.2, -0.15) is 5.10 Å². The Labute approximate surface area is 95.1 Å². The third-order valence-corrected chi connectivity index (χ3v) is 2.77. The Balaban J connectivity index is 2.29. The molecule has 0 saturated carbocycles. The summed E-state index contributed by atoms with van der Waals surface area (Å²) in [6, 6.07) is 5.90. The molecule has 0 aliphatic carbocycles. The van der Waals surface area contributed by atoms with Crippen LogP contribution in [0.15, 0.2) is 24.4 Å². The topological polar surface area (TPSA) is 56.7 Å². The summed E-state index contributed by atoms with van der Waals surface area (Å²) in [5.74, 6) is 0. The van der Waals surface area contributed by atoms with E-state index in [4.69, 9.17) is 5.73 Å². The van der Waals surface area contributed by atoms with Crippen LogP contribution in [0, 0.1) is 13.8 Å². The van der Waals surface area contributed by atoms with Crippen molar-refractivity contribution in [2.75, 3.05) is 0 Å². The van der Waals surface area contributed by atoms with Crippen LogP contribution in [0.4, 0.5) is 0 Å². The summed E-state index contributed by atoms with van der Waals surface area (Å²) >= 11 is 0. The maximum atomic E-state index is 5.69. The summed E-state index contributed by atoms with van der Waals surface area (Å²) in [5, 5.41) is 4.47. The summed E-state index contributed by atoms with van der Waals surface area (Å²) in [7, 11) is 0. The molecule has 0 atom stereocenters. The molecule has 4 heteroatoms. The normalized spacial score (nSPS) is 10.7. The van der Waals surface area contributed by atoms with E-state index in [0.29, 0.717) is 13.1 Å². The third kappa shape index (κ3) is 1.97. The molecule has 0 amide bonds. The molecule has 4 nitrogen and oxygen atoms in total. The number of hydrogen-bond donors (Lipinski definition) is 1. The SMILES string of the molecule is Cc1nn(Cc2ccccn2)c(C)c1CN. The standard InChI is InChI=1S/C12H16N4/c1-9-12(7-13)10(2)16(15-9)8-11-5-3-4-6-14-11/h3-6H,7-8,13H2,1-2H3. The smallest absolute Gasteiger partial charge is 0.0834 e. The highest BCUT2D eigenvalue weighted by atomic mass is 15.3. The first-order valence-corrected chi connectivity index (χ1v) is 5.35. The van der Waals surface area contributed by atoms with Gasteiger partial charge in [0, 0.05) is 24.0 Å². The second-order valence-electron chi connectivity index (χ2n) is 3.83. The van der Waals surface area contributed by atoms with Crippen molar-refractivity contribution in [1.29, 1.82) is 0 Å². The Kier molecular flexibility index (Phi) is 3.01. The first kappa shape index (κ1) is 10.8. The average molecular weight is 216 g/mol. The van der Waals surface area contributed by atoms with E-state index in [-0.39, 0.29) is 0 Å². The lowest BCUT2D eigenvalue weighted by Gasteiger charge is -2.04. The fraction of sp³-hybridized carbons (Fsp3) is 0.333. The molecule has 0 aliphatic heterocycles. The Morgan fingerprint density at radius 1 is 1.31 bits per heavy atom. The minimum Gasteiger partial charge on any atom is -0.326 e. The molecular weight excluding hydrogens is 200 g/mol. The number of rotatable bonds is 3. The number of aryl methyl sites for hydroxylation is 1. The van der Waals surface area contributed by atoms with Gasteiger partial charge in [-0.3, -0.25) is 9.67 Å². The van der Waals surface area contributed by atoms with Gasteiger partial charge in [0.05, 0.1) is 17.9 Å². The van der Waals surface area contributed by atoms with Crippen molar-refractivity contribution in [3.05, 3.63) is 47.0 Å². The second kappa shape index (κ2) is 4.45. The van der Waals surface area contributed by atoms with Gasteiger partial charge in [0.1, 0.15) is 0 Å². The highest BCUT2D eigenvalue weighted by Crippen LogP contribution is 2.13. The number of nitrogens with zero attached hydrogens (tertiary/aromatic N) is 3. The van der Waals surface area contributed by atoms with Crippen molar-refractivity contribution >= 4 is 0 Å². The fourth-order valence-corrected chi connectivity index (χ4v) is 1.83. The minimum absolute atomic E-state index is 0.542. The third-order valence-electron chi connectivity index (χ3n) is 2.77. The Bertz CT molecular complexity index is 473. The molecule has 0 saturated heterocycles. The van der Waals surface area contributed by atoms with Crippen LogP contribution in [0.3, 0.4) is 0 Å². The van der Waals surface area contributed by atoms with Gasteiger partial charge in [-0.15, -0.1) is 0 Å². The molecule has 0 unspecified atom stereocenters. The summed E-state index contributed by atoms with van der Waals surface area (Å²) in [4.78, 5) is 4.29. The number of nitrogens with two attached hydrogens (primary N) is 1. The van der Waals surface area contributed by atoms with Crippen LogP contribution in [-0.4, -0.2) is 14.8 Å². The lowest BCUT2D eigenvalue weighted by atomic mass is 10.2. The van der Waals surface area contributed by atoms with E-state index >= 15 is 0 Å². The lowest BCUT2D eigenvalue weighted by Crippen LogP contribution is -2.06. The molecule has 2 aromatic heterocycles. The van der Waals surface area contributed by atoms with Crippen molar-refractivity contribution in [2.24, 2.45) is 5.73 Å². The summed E-state index contributed by atoms with van der Waals surface area (Å²) in [6.45, 7) is 5.28. The monoisotopic (exact) mass is 216 g/mol. The zero-order valence-electron chi connectivity index (χ0n) is 9.64. The van der Waals surface area contributed by atoms with Gasteiger partial charge in [-0.1, -0.05) is 6.07 Å². The van der Waals surface area contributed by atoms with Gasteiger partial charge in [0.15, 0.2) is 0 Å². The van der Waals surface area contributed by atoms with Crippen LogP contribution in [0.2, 0.25) is 0 Å². The van der Waals surface area contributed by atoms with E-state index in [1.54, 1.807) is 6.20 Å². The maximum Gasteiger partial charge on any atom is 0.0834 e. The van der Waals surface area contributed by atoms with E-state index in [1.165, 1.54) is 0 Å². The molecule has 0 bridgehead atoms.